The highest BCUT2D eigenvalue weighted by atomic mass is 32.1. The highest BCUT2D eigenvalue weighted by molar-refractivity contribution is 7.15. The van der Waals surface area contributed by atoms with E-state index in [-0.39, 0.29) is 0 Å². The quantitative estimate of drug-likeness (QED) is 0.334. The third kappa shape index (κ3) is 7.23. The minimum absolute atomic E-state index is 0.348. The van der Waals surface area contributed by atoms with Crippen molar-refractivity contribution >= 4 is 17.3 Å². The van der Waals surface area contributed by atoms with Gasteiger partial charge in [0, 0.05) is 49.7 Å². The molecule has 0 saturated carbocycles. The molecule has 1 aromatic heterocycles. The van der Waals surface area contributed by atoms with Gasteiger partial charge in [-0.25, -0.2) is 4.99 Å². The molecule has 0 aliphatic carbocycles. The summed E-state index contributed by atoms with van der Waals surface area (Å²) in [7, 11) is 3.42. The van der Waals surface area contributed by atoms with Crippen LogP contribution >= 0.6 is 11.3 Å². The summed E-state index contributed by atoms with van der Waals surface area (Å²) in [5, 5.41) is 3.46. The maximum Gasteiger partial charge on any atom is 0.194 e. The summed E-state index contributed by atoms with van der Waals surface area (Å²) < 4.78 is 16.3. The van der Waals surface area contributed by atoms with E-state index in [1.807, 2.05) is 12.1 Å². The molecule has 1 aliphatic heterocycles. The first-order valence-electron chi connectivity index (χ1n) is 11.1. The van der Waals surface area contributed by atoms with Gasteiger partial charge < -0.3 is 24.4 Å². The molecular weight excluding hydrogens is 410 g/mol. The molecule has 0 atom stereocenters. The zero-order chi connectivity index (χ0) is 21.9. The number of ether oxygens (including phenoxy) is 3. The topological polar surface area (TPSA) is 55.3 Å². The van der Waals surface area contributed by atoms with Crippen LogP contribution in [0.15, 0.2) is 41.4 Å². The van der Waals surface area contributed by atoms with Gasteiger partial charge in [-0.05, 0) is 68.1 Å². The van der Waals surface area contributed by atoms with E-state index < -0.39 is 0 Å². The van der Waals surface area contributed by atoms with Gasteiger partial charge in [0.25, 0.3) is 0 Å². The van der Waals surface area contributed by atoms with Crippen molar-refractivity contribution in [2.45, 2.75) is 38.8 Å². The van der Waals surface area contributed by atoms with Crippen LogP contribution in [0, 0.1) is 0 Å². The Bertz CT molecular complexity index is 799. The van der Waals surface area contributed by atoms with Gasteiger partial charge >= 0.3 is 0 Å². The Morgan fingerprint density at radius 3 is 2.55 bits per heavy atom. The first-order valence-corrected chi connectivity index (χ1v) is 11.9. The monoisotopic (exact) mass is 445 g/mol. The van der Waals surface area contributed by atoms with Gasteiger partial charge in [0.15, 0.2) is 5.96 Å². The summed E-state index contributed by atoms with van der Waals surface area (Å²) >= 11 is 1.80. The van der Waals surface area contributed by atoms with Crippen LogP contribution in [-0.2, 0) is 16.0 Å². The number of nitrogens with one attached hydrogen (secondary N) is 1. The molecule has 1 N–H and O–H groups in total. The third-order valence-corrected chi connectivity index (χ3v) is 6.46. The van der Waals surface area contributed by atoms with E-state index in [9.17, 15) is 0 Å². The van der Waals surface area contributed by atoms with E-state index >= 15 is 0 Å². The van der Waals surface area contributed by atoms with Gasteiger partial charge in [0.1, 0.15) is 5.75 Å². The van der Waals surface area contributed by atoms with Crippen LogP contribution in [0.4, 0.5) is 0 Å². The second-order valence-electron chi connectivity index (χ2n) is 7.57. The number of piperidine rings is 1. The Kier molecular flexibility index (Phi) is 9.65. The highest BCUT2D eigenvalue weighted by Crippen LogP contribution is 2.30. The Labute approximate surface area is 190 Å². The Balaban J connectivity index is 1.53. The van der Waals surface area contributed by atoms with Crippen LogP contribution in [-0.4, -0.2) is 64.0 Å². The molecule has 3 rings (SSSR count). The van der Waals surface area contributed by atoms with Gasteiger partial charge in [-0.2, -0.15) is 0 Å². The van der Waals surface area contributed by atoms with Crippen LogP contribution in [0.3, 0.4) is 0 Å². The molecule has 0 unspecified atom stereocenters. The number of thiophene rings is 1. The molecule has 0 radical (unpaired) electrons. The molecule has 0 bridgehead atoms. The zero-order valence-corrected chi connectivity index (χ0v) is 19.7. The second kappa shape index (κ2) is 12.7. The fraction of sp³-hybridized carbons (Fsp3) is 0.542. The van der Waals surface area contributed by atoms with Crippen LogP contribution in [0.2, 0.25) is 0 Å². The van der Waals surface area contributed by atoms with E-state index in [1.54, 1.807) is 25.6 Å². The third-order valence-electron chi connectivity index (χ3n) is 5.34. The number of methoxy groups -OCH3 is 2. The number of aliphatic imine (C=N–C) groups is 1. The average molecular weight is 446 g/mol. The molecule has 1 fully saturated rings. The van der Waals surface area contributed by atoms with Crippen LogP contribution in [0.25, 0.3) is 10.4 Å². The first-order chi connectivity index (χ1) is 15.2. The minimum Gasteiger partial charge on any atom is -0.497 e. The maximum absolute atomic E-state index is 5.99. The lowest BCUT2D eigenvalue weighted by atomic mass is 10.1. The summed E-state index contributed by atoms with van der Waals surface area (Å²) in [5.41, 5.74) is 1.21. The van der Waals surface area contributed by atoms with Crippen molar-refractivity contribution in [2.24, 2.45) is 4.99 Å². The molecule has 170 valence electrons. The summed E-state index contributed by atoms with van der Waals surface area (Å²) in [6.07, 6.45) is 3.39. The van der Waals surface area contributed by atoms with Gasteiger partial charge in [-0.1, -0.05) is 0 Å². The number of benzene rings is 1. The molecule has 0 amide bonds. The molecule has 1 aromatic carbocycles. The SMILES string of the molecule is CCNC(=NCc1ccc(-c2ccc(OC)cc2)s1)N1CCC(OCCCOC)CC1. The maximum atomic E-state index is 5.99. The molecule has 1 aliphatic rings. The second-order valence-corrected chi connectivity index (χ2v) is 8.74. The molecule has 1 saturated heterocycles. The van der Waals surface area contributed by atoms with Crippen molar-refractivity contribution in [3.63, 3.8) is 0 Å². The van der Waals surface area contributed by atoms with Gasteiger partial charge in [-0.3, -0.25) is 0 Å². The molecule has 2 heterocycles. The molecular formula is C24H35N3O3S. The van der Waals surface area contributed by atoms with Crippen molar-refractivity contribution in [2.75, 3.05) is 47.1 Å². The Morgan fingerprint density at radius 2 is 1.87 bits per heavy atom. The molecule has 0 spiro atoms. The van der Waals surface area contributed by atoms with Crippen molar-refractivity contribution in [1.82, 2.24) is 10.2 Å². The lowest BCUT2D eigenvalue weighted by Crippen LogP contribution is -2.47. The highest BCUT2D eigenvalue weighted by Gasteiger charge is 2.21. The van der Waals surface area contributed by atoms with E-state index in [2.05, 4.69) is 41.4 Å². The van der Waals surface area contributed by atoms with E-state index in [0.717, 1.165) is 63.8 Å². The number of rotatable bonds is 10. The Morgan fingerprint density at radius 1 is 1.10 bits per heavy atom. The Hall–Kier alpha value is -2.09. The molecule has 31 heavy (non-hydrogen) atoms. The van der Waals surface area contributed by atoms with E-state index in [0.29, 0.717) is 12.6 Å². The van der Waals surface area contributed by atoms with Crippen molar-refractivity contribution in [3.8, 4) is 16.2 Å². The fourth-order valence-electron chi connectivity index (χ4n) is 3.64. The summed E-state index contributed by atoms with van der Waals surface area (Å²) in [4.78, 5) is 9.79. The van der Waals surface area contributed by atoms with Crippen molar-refractivity contribution < 1.29 is 14.2 Å². The number of hydrogen-bond acceptors (Lipinski definition) is 5. The van der Waals surface area contributed by atoms with Gasteiger partial charge in [-0.15, -0.1) is 11.3 Å². The fourth-order valence-corrected chi connectivity index (χ4v) is 4.58. The first kappa shape index (κ1) is 23.6. The zero-order valence-electron chi connectivity index (χ0n) is 18.9. The largest absolute Gasteiger partial charge is 0.497 e. The predicted octanol–water partition coefficient (Wildman–Crippen LogP) is 4.41. The minimum atomic E-state index is 0.348. The predicted molar refractivity (Wildman–Crippen MR) is 128 cm³/mol. The average Bonchev–Trinajstić information content (AvgIpc) is 3.29. The van der Waals surface area contributed by atoms with Crippen LogP contribution < -0.4 is 10.1 Å². The van der Waals surface area contributed by atoms with E-state index in [4.69, 9.17) is 19.2 Å². The lowest BCUT2D eigenvalue weighted by Gasteiger charge is -2.34. The molecule has 2 aromatic rings. The van der Waals surface area contributed by atoms with Crippen molar-refractivity contribution in [1.29, 1.82) is 0 Å². The summed E-state index contributed by atoms with van der Waals surface area (Å²) in [5.74, 6) is 1.88. The van der Waals surface area contributed by atoms with E-state index in [1.165, 1.54) is 15.3 Å². The summed E-state index contributed by atoms with van der Waals surface area (Å²) in [6.45, 7) is 7.17. The van der Waals surface area contributed by atoms with Gasteiger partial charge in [0.05, 0.1) is 19.8 Å². The molecule has 6 nitrogen and oxygen atoms in total. The van der Waals surface area contributed by atoms with Gasteiger partial charge in [0.2, 0.25) is 0 Å². The normalized spacial score (nSPS) is 15.3. The number of nitrogens with zero attached hydrogens (tertiary/aromatic N) is 2. The number of guanidine groups is 1. The standard InChI is InChI=1S/C24H35N3O3S/c1-4-25-24(27-14-12-21(13-15-27)30-17-5-16-28-2)26-18-22-10-11-23(31-22)19-6-8-20(29-3)9-7-19/h6-11,21H,4-5,12-18H2,1-3H3,(H,25,26). The van der Waals surface area contributed by atoms with Crippen molar-refractivity contribution in [3.05, 3.63) is 41.3 Å². The smallest absolute Gasteiger partial charge is 0.194 e. The number of likely N-dealkylation sites (tertiary alicyclic amines) is 1. The number of hydrogen-bond donors (Lipinski definition) is 1. The molecule has 7 heteroatoms. The van der Waals surface area contributed by atoms with Crippen LogP contribution in [0.5, 0.6) is 5.75 Å². The van der Waals surface area contributed by atoms with Crippen LogP contribution in [0.1, 0.15) is 31.1 Å². The summed E-state index contributed by atoms with van der Waals surface area (Å²) in [6, 6.07) is 12.6. The lowest BCUT2D eigenvalue weighted by molar-refractivity contribution is 0.00990.